The molecule has 4 heteroatoms. The van der Waals surface area contributed by atoms with Gasteiger partial charge in [0.1, 0.15) is 0 Å². The van der Waals surface area contributed by atoms with Crippen molar-refractivity contribution in [1.82, 2.24) is 0 Å². The molecule has 1 aliphatic heterocycles. The standard InChI is InChI=1S/C13H16F2N2/c1-9-6-11(16)8-12(7-9)17-4-2-10(3-5-17)13(14)15/h6-8H,2-5,16H2,1H3. The molecule has 1 heterocycles. The molecule has 0 bridgehead atoms. The fraction of sp³-hybridized carbons (Fsp3) is 0.385. The van der Waals surface area contributed by atoms with E-state index in [1.165, 1.54) is 0 Å². The highest BCUT2D eigenvalue weighted by Gasteiger charge is 2.18. The van der Waals surface area contributed by atoms with Gasteiger partial charge in [0.2, 0.25) is 0 Å². The molecule has 2 rings (SSSR count). The fourth-order valence-electron chi connectivity index (χ4n) is 2.20. The van der Waals surface area contributed by atoms with Crippen molar-refractivity contribution in [3.8, 4) is 0 Å². The van der Waals surface area contributed by atoms with Gasteiger partial charge in [-0.05, 0) is 49.1 Å². The Labute approximate surface area is 99.7 Å². The number of piperidine rings is 1. The summed E-state index contributed by atoms with van der Waals surface area (Å²) in [5, 5.41) is 0. The second kappa shape index (κ2) is 4.73. The molecule has 0 saturated carbocycles. The van der Waals surface area contributed by atoms with E-state index in [2.05, 4.69) is 4.90 Å². The first-order valence-corrected chi connectivity index (χ1v) is 5.71. The molecule has 2 nitrogen and oxygen atoms in total. The maximum atomic E-state index is 12.4. The van der Waals surface area contributed by atoms with Gasteiger partial charge in [-0.15, -0.1) is 0 Å². The molecule has 0 aromatic heterocycles. The van der Waals surface area contributed by atoms with Crippen molar-refractivity contribution in [2.45, 2.75) is 19.8 Å². The molecule has 1 aromatic carbocycles. The highest BCUT2D eigenvalue weighted by molar-refractivity contribution is 5.58. The van der Waals surface area contributed by atoms with Crippen LogP contribution in [0.2, 0.25) is 0 Å². The first-order chi connectivity index (χ1) is 8.06. The minimum atomic E-state index is -1.51. The Morgan fingerprint density at radius 1 is 1.18 bits per heavy atom. The molecule has 0 radical (unpaired) electrons. The van der Waals surface area contributed by atoms with Gasteiger partial charge in [0.25, 0.3) is 6.08 Å². The summed E-state index contributed by atoms with van der Waals surface area (Å²) >= 11 is 0. The zero-order valence-electron chi connectivity index (χ0n) is 9.84. The van der Waals surface area contributed by atoms with Gasteiger partial charge in [-0.3, -0.25) is 0 Å². The highest BCUT2D eigenvalue weighted by atomic mass is 19.3. The Hall–Kier alpha value is -1.58. The van der Waals surface area contributed by atoms with Crippen molar-refractivity contribution in [2.24, 2.45) is 0 Å². The lowest BCUT2D eigenvalue weighted by molar-refractivity contribution is 0.399. The number of halogens is 2. The van der Waals surface area contributed by atoms with E-state index in [1.807, 2.05) is 25.1 Å². The lowest BCUT2D eigenvalue weighted by atomic mass is 10.0. The zero-order valence-corrected chi connectivity index (χ0v) is 9.84. The Morgan fingerprint density at radius 2 is 1.82 bits per heavy atom. The normalized spacial score (nSPS) is 16.2. The molecule has 2 N–H and O–H groups in total. The van der Waals surface area contributed by atoms with Crippen LogP contribution < -0.4 is 10.6 Å². The van der Waals surface area contributed by atoms with Crippen molar-refractivity contribution in [3.05, 3.63) is 35.4 Å². The first kappa shape index (κ1) is 11.9. The third-order valence-electron chi connectivity index (χ3n) is 3.08. The van der Waals surface area contributed by atoms with E-state index < -0.39 is 6.08 Å². The number of anilines is 2. The minimum absolute atomic E-state index is 0.293. The van der Waals surface area contributed by atoms with Crippen LogP contribution in [0.4, 0.5) is 20.2 Å². The number of nitrogens with two attached hydrogens (primary N) is 1. The monoisotopic (exact) mass is 238 g/mol. The predicted molar refractivity (Wildman–Crippen MR) is 66.3 cm³/mol. The topological polar surface area (TPSA) is 29.3 Å². The summed E-state index contributed by atoms with van der Waals surface area (Å²) in [6.45, 7) is 3.25. The molecule has 92 valence electrons. The van der Waals surface area contributed by atoms with Gasteiger partial charge >= 0.3 is 0 Å². The highest BCUT2D eigenvalue weighted by Crippen LogP contribution is 2.27. The number of hydrogen-bond donors (Lipinski definition) is 1. The Kier molecular flexibility index (Phi) is 3.31. The summed E-state index contributed by atoms with van der Waals surface area (Å²) in [7, 11) is 0. The summed E-state index contributed by atoms with van der Waals surface area (Å²) in [5.41, 5.74) is 8.92. The molecule has 1 saturated heterocycles. The smallest absolute Gasteiger partial charge is 0.269 e. The van der Waals surface area contributed by atoms with Gasteiger partial charge in [-0.1, -0.05) is 0 Å². The van der Waals surface area contributed by atoms with Crippen molar-refractivity contribution in [3.63, 3.8) is 0 Å². The van der Waals surface area contributed by atoms with E-state index in [0.717, 1.165) is 16.9 Å². The summed E-state index contributed by atoms with van der Waals surface area (Å²) in [6, 6.07) is 5.84. The van der Waals surface area contributed by atoms with E-state index in [4.69, 9.17) is 5.73 Å². The second-order valence-electron chi connectivity index (χ2n) is 4.45. The van der Waals surface area contributed by atoms with Gasteiger partial charge in [0.05, 0.1) is 0 Å². The minimum Gasteiger partial charge on any atom is -0.399 e. The van der Waals surface area contributed by atoms with E-state index in [1.54, 1.807) is 0 Å². The van der Waals surface area contributed by atoms with E-state index >= 15 is 0 Å². The number of rotatable bonds is 1. The van der Waals surface area contributed by atoms with E-state index in [-0.39, 0.29) is 0 Å². The molecule has 0 aliphatic carbocycles. The van der Waals surface area contributed by atoms with E-state index in [9.17, 15) is 8.78 Å². The SMILES string of the molecule is Cc1cc(N)cc(N2CCC(=C(F)F)CC2)c1. The average Bonchev–Trinajstić information content (AvgIpc) is 2.28. The summed E-state index contributed by atoms with van der Waals surface area (Å²) in [5.74, 6) is 0. The van der Waals surface area contributed by atoms with E-state index in [0.29, 0.717) is 31.5 Å². The Balaban J connectivity index is 2.13. The van der Waals surface area contributed by atoms with Gasteiger partial charge in [-0.2, -0.15) is 8.78 Å². The quantitative estimate of drug-likeness (QED) is 0.760. The largest absolute Gasteiger partial charge is 0.399 e. The summed E-state index contributed by atoms with van der Waals surface area (Å²) in [6.07, 6.45) is -0.625. The van der Waals surface area contributed by atoms with Crippen LogP contribution in [0.3, 0.4) is 0 Å². The predicted octanol–water partition coefficient (Wildman–Crippen LogP) is 3.33. The van der Waals surface area contributed by atoms with Gasteiger partial charge in [0, 0.05) is 24.5 Å². The molecule has 0 amide bonds. The van der Waals surface area contributed by atoms with Crippen molar-refractivity contribution in [2.75, 3.05) is 23.7 Å². The molecule has 1 aliphatic rings. The number of benzene rings is 1. The number of hydrogen-bond acceptors (Lipinski definition) is 2. The van der Waals surface area contributed by atoms with Crippen LogP contribution in [0, 0.1) is 6.92 Å². The van der Waals surface area contributed by atoms with Gasteiger partial charge in [-0.25, -0.2) is 0 Å². The molecule has 0 atom stereocenters. The molecule has 17 heavy (non-hydrogen) atoms. The Morgan fingerprint density at radius 3 is 2.35 bits per heavy atom. The third-order valence-corrected chi connectivity index (χ3v) is 3.08. The lowest BCUT2D eigenvalue weighted by Gasteiger charge is -2.30. The molecule has 0 unspecified atom stereocenters. The summed E-state index contributed by atoms with van der Waals surface area (Å²) < 4.78 is 24.8. The van der Waals surface area contributed by atoms with Crippen LogP contribution in [-0.2, 0) is 0 Å². The number of nitrogens with zero attached hydrogens (tertiary/aromatic N) is 1. The zero-order chi connectivity index (χ0) is 12.4. The van der Waals surface area contributed by atoms with Crippen molar-refractivity contribution in [1.29, 1.82) is 0 Å². The fourth-order valence-corrected chi connectivity index (χ4v) is 2.20. The van der Waals surface area contributed by atoms with Crippen LogP contribution in [0.5, 0.6) is 0 Å². The van der Waals surface area contributed by atoms with Crippen molar-refractivity contribution < 1.29 is 8.78 Å². The maximum absolute atomic E-state index is 12.4. The van der Waals surface area contributed by atoms with Crippen LogP contribution in [-0.4, -0.2) is 13.1 Å². The first-order valence-electron chi connectivity index (χ1n) is 5.71. The van der Waals surface area contributed by atoms with Crippen molar-refractivity contribution >= 4 is 11.4 Å². The van der Waals surface area contributed by atoms with Crippen LogP contribution in [0.1, 0.15) is 18.4 Å². The molecule has 1 aromatic rings. The maximum Gasteiger partial charge on any atom is 0.269 e. The molecular formula is C13H16F2N2. The molecule has 0 spiro atoms. The van der Waals surface area contributed by atoms with Crippen LogP contribution in [0.25, 0.3) is 0 Å². The molecule has 1 fully saturated rings. The average molecular weight is 238 g/mol. The van der Waals surface area contributed by atoms with Gasteiger partial charge < -0.3 is 10.6 Å². The summed E-state index contributed by atoms with van der Waals surface area (Å²) in [4.78, 5) is 2.11. The molecular weight excluding hydrogens is 222 g/mol. The third kappa shape index (κ3) is 2.75. The van der Waals surface area contributed by atoms with Crippen LogP contribution in [0.15, 0.2) is 29.9 Å². The van der Waals surface area contributed by atoms with Gasteiger partial charge in [0.15, 0.2) is 0 Å². The number of nitrogen functional groups attached to an aromatic ring is 1. The number of aryl methyl sites for hydroxylation is 1. The second-order valence-corrected chi connectivity index (χ2v) is 4.45. The lowest BCUT2D eigenvalue weighted by Crippen LogP contribution is -2.30. The van der Waals surface area contributed by atoms with Crippen LogP contribution >= 0.6 is 0 Å². The Bertz CT molecular complexity index is 420.